The monoisotopic (exact) mass is 375 g/mol. The molecule has 0 aliphatic heterocycles. The molecule has 1 aromatic heterocycles. The molecule has 3 rings (SSSR count). The summed E-state index contributed by atoms with van der Waals surface area (Å²) in [5.74, 6) is 1.03. The van der Waals surface area contributed by atoms with E-state index in [0.717, 1.165) is 6.42 Å². The Hall–Kier alpha value is -3.18. The third kappa shape index (κ3) is 5.66. The highest BCUT2D eigenvalue weighted by molar-refractivity contribution is 5.93. The highest BCUT2D eigenvalue weighted by Gasteiger charge is 2.15. The number of pyridine rings is 1. The van der Waals surface area contributed by atoms with Crippen LogP contribution in [0.15, 0.2) is 79.0 Å². The molecule has 1 amide bonds. The third-order valence-corrected chi connectivity index (χ3v) is 4.51. The summed E-state index contributed by atoms with van der Waals surface area (Å²) in [4.78, 5) is 18.8. The Labute approximate surface area is 166 Å². The molecular weight excluding hydrogens is 350 g/mol. The highest BCUT2D eigenvalue weighted by atomic mass is 16.5. The van der Waals surface area contributed by atoms with E-state index < -0.39 is 0 Å². The molecule has 5 heteroatoms. The van der Waals surface area contributed by atoms with Crippen LogP contribution in [-0.2, 0) is 6.42 Å². The Morgan fingerprint density at radius 3 is 2.29 bits per heavy atom. The molecule has 0 bridgehead atoms. The van der Waals surface area contributed by atoms with Crippen molar-refractivity contribution in [3.63, 3.8) is 0 Å². The van der Waals surface area contributed by atoms with Gasteiger partial charge in [-0.1, -0.05) is 48.5 Å². The number of nitrogens with zero attached hydrogens (tertiary/aromatic N) is 2. The number of hydrogen-bond acceptors (Lipinski definition) is 4. The molecule has 0 aliphatic rings. The van der Waals surface area contributed by atoms with Crippen molar-refractivity contribution in [3.05, 3.63) is 90.1 Å². The summed E-state index contributed by atoms with van der Waals surface area (Å²) in [6, 6.07) is 23.4. The van der Waals surface area contributed by atoms with Crippen molar-refractivity contribution >= 4 is 5.91 Å². The van der Waals surface area contributed by atoms with Crippen LogP contribution in [0.4, 0.5) is 0 Å². The van der Waals surface area contributed by atoms with Crippen LogP contribution in [0.25, 0.3) is 0 Å². The lowest BCUT2D eigenvalue weighted by Crippen LogP contribution is -2.41. The SMILES string of the molecule is CN(C)C(CNC(=O)c1ccc(Oc2ccccc2)nc1)Cc1ccccc1. The Balaban J connectivity index is 1.56. The number of amides is 1. The summed E-state index contributed by atoms with van der Waals surface area (Å²) in [6.07, 6.45) is 2.41. The number of carbonyl (C=O) groups excluding carboxylic acids is 1. The topological polar surface area (TPSA) is 54.5 Å². The van der Waals surface area contributed by atoms with Gasteiger partial charge >= 0.3 is 0 Å². The van der Waals surface area contributed by atoms with Crippen LogP contribution in [0.5, 0.6) is 11.6 Å². The van der Waals surface area contributed by atoms with Crippen LogP contribution in [-0.4, -0.2) is 42.5 Å². The van der Waals surface area contributed by atoms with E-state index in [4.69, 9.17) is 4.74 Å². The second-order valence-electron chi connectivity index (χ2n) is 6.82. The van der Waals surface area contributed by atoms with Gasteiger partial charge in [-0.05, 0) is 44.3 Å². The van der Waals surface area contributed by atoms with Gasteiger partial charge in [-0.15, -0.1) is 0 Å². The van der Waals surface area contributed by atoms with Crippen LogP contribution in [0.3, 0.4) is 0 Å². The maximum Gasteiger partial charge on any atom is 0.252 e. The second-order valence-corrected chi connectivity index (χ2v) is 6.82. The molecule has 1 heterocycles. The number of carbonyl (C=O) groups is 1. The molecule has 1 unspecified atom stereocenters. The molecule has 0 radical (unpaired) electrons. The first-order valence-corrected chi connectivity index (χ1v) is 9.29. The summed E-state index contributed by atoms with van der Waals surface area (Å²) in [5.41, 5.74) is 1.76. The van der Waals surface area contributed by atoms with Crippen molar-refractivity contribution in [1.82, 2.24) is 15.2 Å². The number of hydrogen-bond donors (Lipinski definition) is 1. The molecule has 1 atom stereocenters. The molecule has 28 heavy (non-hydrogen) atoms. The van der Waals surface area contributed by atoms with Gasteiger partial charge in [-0.3, -0.25) is 4.79 Å². The number of benzene rings is 2. The lowest BCUT2D eigenvalue weighted by molar-refractivity contribution is 0.0941. The number of nitrogens with one attached hydrogen (secondary N) is 1. The van der Waals surface area contributed by atoms with Gasteiger partial charge in [0.2, 0.25) is 5.88 Å². The summed E-state index contributed by atoms with van der Waals surface area (Å²) >= 11 is 0. The molecular formula is C23H25N3O2. The fraction of sp³-hybridized carbons (Fsp3) is 0.217. The quantitative estimate of drug-likeness (QED) is 0.651. The lowest BCUT2D eigenvalue weighted by Gasteiger charge is -2.24. The van der Waals surface area contributed by atoms with Crippen LogP contribution >= 0.6 is 0 Å². The normalized spacial score (nSPS) is 11.8. The Kier molecular flexibility index (Phi) is 6.76. The Bertz CT molecular complexity index is 865. The molecule has 0 saturated heterocycles. The lowest BCUT2D eigenvalue weighted by atomic mass is 10.1. The number of para-hydroxylation sites is 1. The number of aromatic nitrogens is 1. The van der Waals surface area contributed by atoms with E-state index >= 15 is 0 Å². The average Bonchev–Trinajstić information content (AvgIpc) is 2.73. The molecule has 0 aliphatic carbocycles. The predicted octanol–water partition coefficient (Wildman–Crippen LogP) is 3.78. The van der Waals surface area contributed by atoms with Crippen molar-refractivity contribution in [2.45, 2.75) is 12.5 Å². The van der Waals surface area contributed by atoms with E-state index in [9.17, 15) is 4.79 Å². The first-order chi connectivity index (χ1) is 13.6. The van der Waals surface area contributed by atoms with Gasteiger partial charge < -0.3 is 15.0 Å². The maximum absolute atomic E-state index is 12.5. The van der Waals surface area contributed by atoms with Crippen molar-refractivity contribution < 1.29 is 9.53 Å². The molecule has 0 saturated carbocycles. The number of likely N-dealkylation sites (N-methyl/N-ethyl adjacent to an activating group) is 1. The molecule has 5 nitrogen and oxygen atoms in total. The van der Waals surface area contributed by atoms with Crippen molar-refractivity contribution in [2.75, 3.05) is 20.6 Å². The standard InChI is InChI=1S/C23H25N3O2/c1-26(2)20(15-18-9-5-3-6-10-18)17-25-23(27)19-13-14-22(24-16-19)28-21-11-7-4-8-12-21/h3-14,16,20H,15,17H2,1-2H3,(H,25,27). The first kappa shape index (κ1) is 19.6. The van der Waals surface area contributed by atoms with Gasteiger partial charge in [0.05, 0.1) is 5.56 Å². The molecule has 1 N–H and O–H groups in total. The number of ether oxygens (including phenoxy) is 1. The van der Waals surface area contributed by atoms with Crippen LogP contribution in [0.1, 0.15) is 15.9 Å². The van der Waals surface area contributed by atoms with Crippen LogP contribution < -0.4 is 10.1 Å². The van der Waals surface area contributed by atoms with Gasteiger partial charge in [0.25, 0.3) is 5.91 Å². The zero-order chi connectivity index (χ0) is 19.8. The van der Waals surface area contributed by atoms with Gasteiger partial charge in [-0.2, -0.15) is 0 Å². The second kappa shape index (κ2) is 9.67. The van der Waals surface area contributed by atoms with E-state index in [-0.39, 0.29) is 11.9 Å². The van der Waals surface area contributed by atoms with E-state index in [1.165, 1.54) is 11.8 Å². The predicted molar refractivity (Wildman–Crippen MR) is 111 cm³/mol. The summed E-state index contributed by atoms with van der Waals surface area (Å²) < 4.78 is 5.66. The van der Waals surface area contributed by atoms with Gasteiger partial charge in [0, 0.05) is 24.8 Å². The summed E-state index contributed by atoms with van der Waals surface area (Å²) in [7, 11) is 4.05. The smallest absolute Gasteiger partial charge is 0.252 e. The summed E-state index contributed by atoms with van der Waals surface area (Å²) in [5, 5.41) is 3.01. The third-order valence-electron chi connectivity index (χ3n) is 4.51. The van der Waals surface area contributed by atoms with Crippen LogP contribution in [0.2, 0.25) is 0 Å². The zero-order valence-corrected chi connectivity index (χ0v) is 16.2. The molecule has 144 valence electrons. The van der Waals surface area contributed by atoms with Gasteiger partial charge in [0.15, 0.2) is 0 Å². The first-order valence-electron chi connectivity index (χ1n) is 9.29. The maximum atomic E-state index is 12.5. The van der Waals surface area contributed by atoms with E-state index in [1.54, 1.807) is 12.1 Å². The minimum Gasteiger partial charge on any atom is -0.439 e. The molecule has 0 fully saturated rings. The van der Waals surface area contributed by atoms with E-state index in [0.29, 0.717) is 23.7 Å². The van der Waals surface area contributed by atoms with Crippen molar-refractivity contribution in [3.8, 4) is 11.6 Å². The van der Waals surface area contributed by atoms with Crippen LogP contribution in [0, 0.1) is 0 Å². The van der Waals surface area contributed by atoms with Crippen molar-refractivity contribution in [1.29, 1.82) is 0 Å². The Morgan fingerprint density at radius 1 is 1.00 bits per heavy atom. The molecule has 0 spiro atoms. The van der Waals surface area contributed by atoms with Crippen molar-refractivity contribution in [2.24, 2.45) is 0 Å². The summed E-state index contributed by atoms with van der Waals surface area (Å²) in [6.45, 7) is 0.559. The minimum absolute atomic E-state index is 0.140. The fourth-order valence-electron chi connectivity index (χ4n) is 2.82. The van der Waals surface area contributed by atoms with E-state index in [1.807, 2.05) is 62.6 Å². The largest absolute Gasteiger partial charge is 0.439 e. The number of rotatable bonds is 8. The van der Waals surface area contributed by atoms with Gasteiger partial charge in [-0.25, -0.2) is 4.98 Å². The highest BCUT2D eigenvalue weighted by Crippen LogP contribution is 2.18. The minimum atomic E-state index is -0.140. The molecule has 3 aromatic rings. The molecule has 2 aromatic carbocycles. The average molecular weight is 375 g/mol. The van der Waals surface area contributed by atoms with E-state index in [2.05, 4.69) is 27.3 Å². The van der Waals surface area contributed by atoms with Gasteiger partial charge in [0.1, 0.15) is 5.75 Å². The zero-order valence-electron chi connectivity index (χ0n) is 16.2. The Morgan fingerprint density at radius 2 is 1.68 bits per heavy atom. The fourth-order valence-corrected chi connectivity index (χ4v) is 2.82.